The number of hydrogen-bond acceptors (Lipinski definition) is 3. The number of carbonyl (C=O) groups is 2. The Morgan fingerprint density at radius 3 is 2.26 bits per heavy atom. The highest BCUT2D eigenvalue weighted by Gasteiger charge is 2.20. The molecule has 0 heterocycles. The van der Waals surface area contributed by atoms with Crippen molar-refractivity contribution < 1.29 is 14.7 Å². The normalized spacial score (nSPS) is 13.9. The van der Waals surface area contributed by atoms with E-state index in [9.17, 15) is 9.59 Å². The maximum absolute atomic E-state index is 11.5. The first-order valence-corrected chi connectivity index (χ1v) is 6.91. The lowest BCUT2D eigenvalue weighted by molar-refractivity contribution is -0.141. The van der Waals surface area contributed by atoms with Crippen molar-refractivity contribution in [2.75, 3.05) is 26.2 Å². The lowest BCUT2D eigenvalue weighted by atomic mass is 10.0. The zero-order valence-corrected chi connectivity index (χ0v) is 12.4. The molecule has 6 nitrogen and oxygen atoms in total. The van der Waals surface area contributed by atoms with E-state index >= 15 is 0 Å². The summed E-state index contributed by atoms with van der Waals surface area (Å²) in [6.07, 6.45) is 0.887. The van der Waals surface area contributed by atoms with Crippen LogP contribution in [0.5, 0.6) is 0 Å². The van der Waals surface area contributed by atoms with Gasteiger partial charge in [-0.15, -0.1) is 0 Å². The minimum absolute atomic E-state index is 0.305. The van der Waals surface area contributed by atoms with Gasteiger partial charge in [0.15, 0.2) is 0 Å². The summed E-state index contributed by atoms with van der Waals surface area (Å²) in [4.78, 5) is 24.6. The molecule has 6 heteroatoms. The Labute approximate surface area is 115 Å². The van der Waals surface area contributed by atoms with E-state index in [0.29, 0.717) is 6.54 Å². The molecule has 2 atom stereocenters. The molecule has 0 fully saturated rings. The molecule has 2 unspecified atom stereocenters. The highest BCUT2D eigenvalue weighted by atomic mass is 16.4. The number of urea groups is 1. The molecule has 0 aliphatic heterocycles. The summed E-state index contributed by atoms with van der Waals surface area (Å²) in [6, 6.07) is -0.694. The minimum atomic E-state index is -0.908. The number of amides is 2. The van der Waals surface area contributed by atoms with Crippen LogP contribution in [0.25, 0.3) is 0 Å². The van der Waals surface area contributed by atoms with E-state index in [4.69, 9.17) is 5.11 Å². The van der Waals surface area contributed by atoms with Gasteiger partial charge in [-0.3, -0.25) is 4.79 Å². The van der Waals surface area contributed by atoms with Gasteiger partial charge in [0.25, 0.3) is 0 Å². The van der Waals surface area contributed by atoms with Gasteiger partial charge in [-0.05, 0) is 39.9 Å². The molecule has 0 spiro atoms. The highest BCUT2D eigenvalue weighted by molar-refractivity contribution is 5.76. The third-order valence-corrected chi connectivity index (χ3v) is 3.33. The number of hydrogen-bond donors (Lipinski definition) is 3. The fraction of sp³-hybridized carbons (Fsp3) is 0.846. The molecule has 0 aliphatic rings. The van der Waals surface area contributed by atoms with Crippen molar-refractivity contribution in [2.45, 2.75) is 40.2 Å². The molecule has 0 bridgehead atoms. The Morgan fingerprint density at radius 2 is 1.79 bits per heavy atom. The number of nitrogens with one attached hydrogen (secondary N) is 2. The molecule has 0 saturated heterocycles. The Hall–Kier alpha value is -1.30. The average molecular weight is 273 g/mol. The van der Waals surface area contributed by atoms with Gasteiger partial charge in [-0.2, -0.15) is 0 Å². The molecule has 0 aliphatic carbocycles. The first kappa shape index (κ1) is 17.7. The quantitative estimate of drug-likeness (QED) is 0.550. The zero-order valence-electron chi connectivity index (χ0n) is 12.4. The van der Waals surface area contributed by atoms with Crippen LogP contribution in [0.15, 0.2) is 0 Å². The zero-order chi connectivity index (χ0) is 14.8. The van der Waals surface area contributed by atoms with Crippen molar-refractivity contribution in [3.63, 3.8) is 0 Å². The fourth-order valence-electron chi connectivity index (χ4n) is 1.64. The van der Waals surface area contributed by atoms with Crippen molar-refractivity contribution in [3.05, 3.63) is 0 Å². The summed E-state index contributed by atoms with van der Waals surface area (Å²) in [7, 11) is 0. The average Bonchev–Trinajstić information content (AvgIpc) is 2.37. The Kier molecular flexibility index (Phi) is 8.95. The molecule has 19 heavy (non-hydrogen) atoms. The smallest absolute Gasteiger partial charge is 0.315 e. The topological polar surface area (TPSA) is 81.7 Å². The van der Waals surface area contributed by atoms with Crippen LogP contribution < -0.4 is 10.6 Å². The molecule has 0 aromatic rings. The lowest BCUT2D eigenvalue weighted by Crippen LogP contribution is -2.45. The van der Waals surface area contributed by atoms with Crippen LogP contribution in [0.4, 0.5) is 4.79 Å². The summed E-state index contributed by atoms with van der Waals surface area (Å²) in [5.41, 5.74) is 0. The molecule has 0 aromatic carbocycles. The van der Waals surface area contributed by atoms with E-state index in [1.165, 1.54) is 0 Å². The molecule has 2 amide bonds. The van der Waals surface area contributed by atoms with E-state index in [1.54, 1.807) is 13.8 Å². The Bertz CT molecular complexity index is 280. The highest BCUT2D eigenvalue weighted by Crippen LogP contribution is 2.01. The second-order valence-electron chi connectivity index (χ2n) is 4.70. The SMILES string of the molecule is CCN(CC)CCCNC(=O)NC(C)C(C)C(=O)O. The summed E-state index contributed by atoms with van der Waals surface area (Å²) in [5.74, 6) is -1.50. The largest absolute Gasteiger partial charge is 0.481 e. The van der Waals surface area contributed by atoms with E-state index in [-0.39, 0.29) is 12.1 Å². The Balaban J connectivity index is 3.78. The van der Waals surface area contributed by atoms with Crippen LogP contribution in [0, 0.1) is 5.92 Å². The maximum atomic E-state index is 11.5. The molecule has 0 aromatic heterocycles. The van der Waals surface area contributed by atoms with Gasteiger partial charge >= 0.3 is 12.0 Å². The lowest BCUT2D eigenvalue weighted by Gasteiger charge is -2.19. The van der Waals surface area contributed by atoms with Crippen LogP contribution in [0.2, 0.25) is 0 Å². The van der Waals surface area contributed by atoms with Crippen molar-refractivity contribution >= 4 is 12.0 Å². The van der Waals surface area contributed by atoms with Crippen LogP contribution in [-0.2, 0) is 4.79 Å². The number of carboxylic acid groups (broad SMARTS) is 1. The first-order valence-electron chi connectivity index (χ1n) is 6.91. The molecule has 0 saturated carbocycles. The van der Waals surface area contributed by atoms with Crippen molar-refractivity contribution in [1.82, 2.24) is 15.5 Å². The van der Waals surface area contributed by atoms with Gasteiger partial charge in [-0.1, -0.05) is 13.8 Å². The van der Waals surface area contributed by atoms with E-state index in [0.717, 1.165) is 26.1 Å². The van der Waals surface area contributed by atoms with Gasteiger partial charge < -0.3 is 20.6 Å². The van der Waals surface area contributed by atoms with E-state index < -0.39 is 11.9 Å². The van der Waals surface area contributed by atoms with Crippen molar-refractivity contribution in [2.24, 2.45) is 5.92 Å². The summed E-state index contributed by atoms with van der Waals surface area (Å²) in [6.45, 7) is 11.1. The number of aliphatic carboxylic acids is 1. The summed E-state index contributed by atoms with van der Waals surface area (Å²) in [5, 5.41) is 14.2. The van der Waals surface area contributed by atoms with Crippen LogP contribution in [0.1, 0.15) is 34.1 Å². The second-order valence-corrected chi connectivity index (χ2v) is 4.70. The third kappa shape index (κ3) is 7.66. The summed E-state index contributed by atoms with van der Waals surface area (Å²) < 4.78 is 0. The monoisotopic (exact) mass is 273 g/mol. The van der Waals surface area contributed by atoms with Crippen molar-refractivity contribution in [3.8, 4) is 0 Å². The number of carbonyl (C=O) groups excluding carboxylic acids is 1. The number of carboxylic acids is 1. The molecule has 3 N–H and O–H groups in total. The van der Waals surface area contributed by atoms with Crippen molar-refractivity contribution in [1.29, 1.82) is 0 Å². The van der Waals surface area contributed by atoms with Gasteiger partial charge in [0.05, 0.1) is 5.92 Å². The molecule has 0 rings (SSSR count). The van der Waals surface area contributed by atoms with E-state index in [1.807, 2.05) is 0 Å². The van der Waals surface area contributed by atoms with Gasteiger partial charge in [-0.25, -0.2) is 4.79 Å². The molecular weight excluding hydrogens is 246 g/mol. The predicted molar refractivity (Wildman–Crippen MR) is 75.2 cm³/mol. The van der Waals surface area contributed by atoms with Crippen LogP contribution >= 0.6 is 0 Å². The molecule has 112 valence electrons. The molecular formula is C13H27N3O3. The predicted octanol–water partition coefficient (Wildman–Crippen LogP) is 1.13. The minimum Gasteiger partial charge on any atom is -0.481 e. The maximum Gasteiger partial charge on any atom is 0.315 e. The van der Waals surface area contributed by atoms with Gasteiger partial charge in [0.2, 0.25) is 0 Å². The fourth-order valence-corrected chi connectivity index (χ4v) is 1.64. The standard InChI is InChI=1S/C13H27N3O3/c1-5-16(6-2)9-7-8-14-13(19)15-11(4)10(3)12(17)18/h10-11H,5-9H2,1-4H3,(H,17,18)(H2,14,15,19). The first-order chi connectivity index (χ1) is 8.92. The van der Waals surface area contributed by atoms with E-state index in [2.05, 4.69) is 29.4 Å². The van der Waals surface area contributed by atoms with Crippen LogP contribution in [0.3, 0.4) is 0 Å². The Morgan fingerprint density at radius 1 is 1.21 bits per heavy atom. The summed E-state index contributed by atoms with van der Waals surface area (Å²) >= 11 is 0. The number of rotatable bonds is 9. The molecule has 0 radical (unpaired) electrons. The van der Waals surface area contributed by atoms with Gasteiger partial charge in [0.1, 0.15) is 0 Å². The number of nitrogens with zero attached hydrogens (tertiary/aromatic N) is 1. The van der Waals surface area contributed by atoms with Gasteiger partial charge in [0, 0.05) is 12.6 Å². The second kappa shape index (κ2) is 9.61. The third-order valence-electron chi connectivity index (χ3n) is 3.33. The van der Waals surface area contributed by atoms with Crippen LogP contribution in [-0.4, -0.2) is 54.2 Å².